The van der Waals surface area contributed by atoms with Gasteiger partial charge in [-0.05, 0) is 37.3 Å². The molecule has 0 radical (unpaired) electrons. The maximum Gasteiger partial charge on any atom is 0.374 e. The van der Waals surface area contributed by atoms with Crippen molar-refractivity contribution in [2.75, 3.05) is 6.61 Å². The summed E-state index contributed by atoms with van der Waals surface area (Å²) in [5.41, 5.74) is 0.920. The predicted molar refractivity (Wildman–Crippen MR) is 102 cm³/mol. The van der Waals surface area contributed by atoms with Gasteiger partial charge < -0.3 is 14.5 Å². The molecule has 3 atom stereocenters. The first kappa shape index (κ1) is 19.1. The van der Waals surface area contributed by atoms with Crippen LogP contribution in [0, 0.1) is 18.8 Å². The Bertz CT molecular complexity index is 916. The molecule has 1 aliphatic carbocycles. The molecular weight excluding hydrogens is 346 g/mol. The Kier molecular flexibility index (Phi) is 5.63. The molecule has 0 unspecified atom stereocenters. The minimum atomic E-state index is -0.824. The highest BCUT2D eigenvalue weighted by Gasteiger charge is 2.28. The lowest BCUT2D eigenvalue weighted by molar-refractivity contribution is -0.125. The number of rotatable bonds is 4. The molecule has 1 N–H and O–H groups in total. The monoisotopic (exact) mass is 371 g/mol. The lowest BCUT2D eigenvalue weighted by Crippen LogP contribution is -2.45. The second-order valence-corrected chi connectivity index (χ2v) is 7.49. The second kappa shape index (κ2) is 7.94. The zero-order valence-electron chi connectivity index (χ0n) is 15.9. The number of ether oxygens (including phenoxy) is 1. The molecule has 6 nitrogen and oxygen atoms in total. The van der Waals surface area contributed by atoms with E-state index in [0.717, 1.165) is 24.5 Å². The van der Waals surface area contributed by atoms with E-state index < -0.39 is 12.6 Å². The van der Waals surface area contributed by atoms with Crippen molar-refractivity contribution >= 4 is 22.8 Å². The lowest BCUT2D eigenvalue weighted by atomic mass is 9.78. The van der Waals surface area contributed by atoms with E-state index in [1.54, 1.807) is 18.2 Å². The van der Waals surface area contributed by atoms with Gasteiger partial charge in [0.2, 0.25) is 5.76 Å². The molecule has 0 saturated heterocycles. The van der Waals surface area contributed by atoms with Crippen LogP contribution in [0.15, 0.2) is 33.5 Å². The van der Waals surface area contributed by atoms with Crippen molar-refractivity contribution in [2.45, 2.75) is 46.1 Å². The molecular formula is C21H25NO5. The third-order valence-electron chi connectivity index (χ3n) is 5.47. The van der Waals surface area contributed by atoms with Gasteiger partial charge in [0.1, 0.15) is 5.58 Å². The van der Waals surface area contributed by atoms with E-state index in [1.807, 2.05) is 6.92 Å². The van der Waals surface area contributed by atoms with Crippen molar-refractivity contribution in [3.8, 4) is 0 Å². The van der Waals surface area contributed by atoms with Crippen molar-refractivity contribution in [1.29, 1.82) is 0 Å². The highest BCUT2D eigenvalue weighted by Crippen LogP contribution is 2.29. The van der Waals surface area contributed by atoms with Gasteiger partial charge in [-0.1, -0.05) is 38.3 Å². The Balaban J connectivity index is 1.62. The van der Waals surface area contributed by atoms with E-state index in [-0.39, 0.29) is 23.1 Å². The average Bonchev–Trinajstić information content (AvgIpc) is 2.64. The molecule has 2 aromatic rings. The summed E-state index contributed by atoms with van der Waals surface area (Å²) in [6.07, 6.45) is 3.19. The molecule has 1 saturated carbocycles. The minimum absolute atomic E-state index is 0.0989. The third kappa shape index (κ3) is 4.38. The van der Waals surface area contributed by atoms with Gasteiger partial charge in [-0.3, -0.25) is 9.59 Å². The van der Waals surface area contributed by atoms with Crippen LogP contribution < -0.4 is 10.7 Å². The third-order valence-corrected chi connectivity index (χ3v) is 5.47. The number of carbonyl (C=O) groups excluding carboxylic acids is 2. The van der Waals surface area contributed by atoms with Crippen LogP contribution in [0.4, 0.5) is 0 Å². The molecule has 0 aliphatic heterocycles. The van der Waals surface area contributed by atoms with E-state index in [4.69, 9.17) is 9.15 Å². The molecule has 1 aliphatic rings. The Morgan fingerprint density at radius 1 is 1.22 bits per heavy atom. The van der Waals surface area contributed by atoms with Gasteiger partial charge in [0, 0.05) is 12.1 Å². The summed E-state index contributed by atoms with van der Waals surface area (Å²) in [6.45, 7) is 5.79. The molecule has 6 heteroatoms. The number of benzene rings is 1. The van der Waals surface area contributed by atoms with Crippen molar-refractivity contribution < 1.29 is 18.7 Å². The van der Waals surface area contributed by atoms with Gasteiger partial charge in [0.05, 0.1) is 5.39 Å². The molecule has 1 aromatic carbocycles. The smallest absolute Gasteiger partial charge is 0.374 e. The molecule has 27 heavy (non-hydrogen) atoms. The average molecular weight is 371 g/mol. The van der Waals surface area contributed by atoms with Crippen molar-refractivity contribution in [3.05, 3.63) is 45.8 Å². The molecule has 0 spiro atoms. The van der Waals surface area contributed by atoms with Crippen LogP contribution in [-0.4, -0.2) is 24.5 Å². The fourth-order valence-electron chi connectivity index (χ4n) is 3.61. The maximum atomic E-state index is 12.2. The zero-order valence-corrected chi connectivity index (χ0v) is 15.9. The zero-order chi connectivity index (χ0) is 19.6. The summed E-state index contributed by atoms with van der Waals surface area (Å²) in [7, 11) is 0. The largest absolute Gasteiger partial charge is 0.450 e. The molecule has 1 aromatic heterocycles. The van der Waals surface area contributed by atoms with Gasteiger partial charge in [0.25, 0.3) is 5.91 Å². The van der Waals surface area contributed by atoms with E-state index in [2.05, 4.69) is 19.2 Å². The quantitative estimate of drug-likeness (QED) is 0.834. The summed E-state index contributed by atoms with van der Waals surface area (Å²) in [6, 6.07) is 6.34. The van der Waals surface area contributed by atoms with E-state index in [9.17, 15) is 14.4 Å². The molecule has 1 amide bonds. The second-order valence-electron chi connectivity index (χ2n) is 7.49. The van der Waals surface area contributed by atoms with Crippen LogP contribution in [0.1, 0.15) is 49.2 Å². The Labute approximate surface area is 157 Å². The summed E-state index contributed by atoms with van der Waals surface area (Å²) in [5, 5.41) is 3.35. The van der Waals surface area contributed by atoms with Gasteiger partial charge in [-0.25, -0.2) is 4.79 Å². The normalized spacial score (nSPS) is 22.4. The van der Waals surface area contributed by atoms with E-state index in [0.29, 0.717) is 22.8 Å². The first-order valence-electron chi connectivity index (χ1n) is 9.36. The number of aryl methyl sites for hydroxylation is 1. The van der Waals surface area contributed by atoms with Crippen LogP contribution >= 0.6 is 0 Å². The van der Waals surface area contributed by atoms with Crippen LogP contribution in [0.3, 0.4) is 0 Å². The van der Waals surface area contributed by atoms with E-state index >= 15 is 0 Å². The van der Waals surface area contributed by atoms with Gasteiger partial charge >= 0.3 is 5.97 Å². The molecule has 0 bridgehead atoms. The highest BCUT2D eigenvalue weighted by molar-refractivity contribution is 5.90. The Morgan fingerprint density at radius 3 is 2.78 bits per heavy atom. The SMILES string of the molecule is Cc1ccc2oc(C(=O)OCC(=O)N[C@@H]3CCC[C@@H](C)[C@@H]3C)cc(=O)c2c1. The number of hydrogen-bond donors (Lipinski definition) is 1. The van der Waals surface area contributed by atoms with Crippen LogP contribution in [0.25, 0.3) is 11.0 Å². The van der Waals surface area contributed by atoms with Crippen LogP contribution in [0.5, 0.6) is 0 Å². The van der Waals surface area contributed by atoms with Crippen LogP contribution in [0.2, 0.25) is 0 Å². The maximum absolute atomic E-state index is 12.2. The Morgan fingerprint density at radius 2 is 2.00 bits per heavy atom. The van der Waals surface area contributed by atoms with Gasteiger partial charge in [0.15, 0.2) is 12.0 Å². The fraction of sp³-hybridized carbons (Fsp3) is 0.476. The molecule has 3 rings (SSSR count). The number of hydrogen-bond acceptors (Lipinski definition) is 5. The van der Waals surface area contributed by atoms with Gasteiger partial charge in [-0.15, -0.1) is 0 Å². The fourth-order valence-corrected chi connectivity index (χ4v) is 3.61. The predicted octanol–water partition coefficient (Wildman–Crippen LogP) is 3.20. The topological polar surface area (TPSA) is 85.6 Å². The molecule has 1 heterocycles. The lowest BCUT2D eigenvalue weighted by Gasteiger charge is -2.34. The number of nitrogens with one attached hydrogen (secondary N) is 1. The van der Waals surface area contributed by atoms with Crippen molar-refractivity contribution in [1.82, 2.24) is 5.32 Å². The Hall–Kier alpha value is -2.63. The summed E-state index contributed by atoms with van der Waals surface area (Å²) in [5.74, 6) is -0.422. The van der Waals surface area contributed by atoms with E-state index in [1.165, 1.54) is 6.42 Å². The molecule has 1 fully saturated rings. The highest BCUT2D eigenvalue weighted by atomic mass is 16.5. The first-order chi connectivity index (χ1) is 12.8. The van der Waals surface area contributed by atoms with Gasteiger partial charge in [-0.2, -0.15) is 0 Å². The number of esters is 1. The van der Waals surface area contributed by atoms with Crippen molar-refractivity contribution in [2.24, 2.45) is 11.8 Å². The summed E-state index contributed by atoms with van der Waals surface area (Å²) < 4.78 is 10.5. The van der Waals surface area contributed by atoms with Crippen LogP contribution in [-0.2, 0) is 9.53 Å². The summed E-state index contributed by atoms with van der Waals surface area (Å²) >= 11 is 0. The van der Waals surface area contributed by atoms with Crippen molar-refractivity contribution in [3.63, 3.8) is 0 Å². The summed E-state index contributed by atoms with van der Waals surface area (Å²) in [4.78, 5) is 36.5. The number of fused-ring (bicyclic) bond motifs is 1. The standard InChI is InChI=1S/C21H25NO5/c1-12-7-8-18-15(9-12)17(23)10-19(27-18)21(25)26-11-20(24)22-16-6-4-5-13(2)14(16)3/h7-10,13-14,16H,4-6,11H2,1-3H3,(H,22,24)/t13-,14+,16-/m1/s1. The minimum Gasteiger partial charge on any atom is -0.450 e. The first-order valence-corrected chi connectivity index (χ1v) is 9.36. The number of amides is 1. The number of carbonyl (C=O) groups is 2. The molecule has 144 valence electrons.